The highest BCUT2D eigenvalue weighted by Crippen LogP contribution is 2.23. The molecule has 0 saturated carbocycles. The van der Waals surface area contributed by atoms with Gasteiger partial charge >= 0.3 is 0 Å². The largest absolute Gasteiger partial charge is 0.394 e. The Kier molecular flexibility index (Phi) is 47.3. The molecular formula is C59H115NO8. The zero-order valence-corrected chi connectivity index (χ0v) is 44.9. The fourth-order valence-corrected chi connectivity index (χ4v) is 9.87. The van der Waals surface area contributed by atoms with Gasteiger partial charge < -0.3 is 40.3 Å². The minimum Gasteiger partial charge on any atom is -0.394 e. The molecule has 0 radical (unpaired) electrons. The van der Waals surface area contributed by atoms with E-state index in [0.717, 1.165) is 38.5 Å². The molecule has 1 saturated heterocycles. The number of aliphatic hydroxyl groups is 5. The van der Waals surface area contributed by atoms with Gasteiger partial charge in [0.1, 0.15) is 24.4 Å². The molecule has 404 valence electrons. The number of allylic oxidation sites excluding steroid dienone is 1. The molecule has 68 heavy (non-hydrogen) atoms. The fraction of sp³-hybridized carbons (Fsp3) is 0.949. The Morgan fingerprint density at radius 1 is 0.485 bits per heavy atom. The Morgan fingerprint density at radius 2 is 0.809 bits per heavy atom. The van der Waals surface area contributed by atoms with Crippen LogP contribution in [0.2, 0.25) is 0 Å². The Hall–Kier alpha value is -1.07. The van der Waals surface area contributed by atoms with Crippen LogP contribution in [-0.2, 0) is 14.3 Å². The smallest absolute Gasteiger partial charge is 0.220 e. The molecule has 9 heteroatoms. The number of ether oxygens (including phenoxy) is 2. The Balaban J connectivity index is 2.14. The predicted octanol–water partition coefficient (Wildman–Crippen LogP) is 14.8. The fourth-order valence-electron chi connectivity index (χ4n) is 9.87. The SMILES string of the molecule is CCCCCCCCCCCCCCCCCCCCCCCCCCCCCCC/C=C/C(O)C(COC1OC(CO)C(O)C(O)C1O)NC(=O)CCCCCCCCCCCCCCCC. The Labute approximate surface area is 420 Å². The molecule has 7 unspecified atom stereocenters. The summed E-state index contributed by atoms with van der Waals surface area (Å²) in [5.41, 5.74) is 0. The number of nitrogens with one attached hydrogen (secondary N) is 1. The van der Waals surface area contributed by atoms with E-state index in [1.165, 1.54) is 244 Å². The summed E-state index contributed by atoms with van der Waals surface area (Å²) >= 11 is 0. The maximum Gasteiger partial charge on any atom is 0.220 e. The molecule has 7 atom stereocenters. The van der Waals surface area contributed by atoms with Crippen molar-refractivity contribution in [2.75, 3.05) is 13.2 Å². The molecule has 1 rings (SSSR count). The molecule has 1 heterocycles. The first-order valence-corrected chi connectivity index (χ1v) is 29.9. The van der Waals surface area contributed by atoms with Crippen LogP contribution in [0.3, 0.4) is 0 Å². The molecule has 6 N–H and O–H groups in total. The Morgan fingerprint density at radius 3 is 1.15 bits per heavy atom. The number of unbranched alkanes of at least 4 members (excludes halogenated alkanes) is 42. The van der Waals surface area contributed by atoms with Crippen LogP contribution in [0.15, 0.2) is 12.2 Å². The van der Waals surface area contributed by atoms with E-state index >= 15 is 0 Å². The minimum absolute atomic E-state index is 0.172. The van der Waals surface area contributed by atoms with Gasteiger partial charge in [-0.25, -0.2) is 0 Å². The lowest BCUT2D eigenvalue weighted by atomic mass is 9.99. The highest BCUT2D eigenvalue weighted by atomic mass is 16.7. The van der Waals surface area contributed by atoms with Crippen molar-refractivity contribution in [3.63, 3.8) is 0 Å². The highest BCUT2D eigenvalue weighted by molar-refractivity contribution is 5.76. The molecule has 0 bridgehead atoms. The summed E-state index contributed by atoms with van der Waals surface area (Å²) in [5.74, 6) is -0.172. The quantitative estimate of drug-likeness (QED) is 0.0261. The Bertz CT molecular complexity index is 1080. The van der Waals surface area contributed by atoms with Crippen LogP contribution in [0, 0.1) is 0 Å². The van der Waals surface area contributed by atoms with Gasteiger partial charge in [0.2, 0.25) is 5.91 Å². The molecule has 1 fully saturated rings. The highest BCUT2D eigenvalue weighted by Gasteiger charge is 2.44. The predicted molar refractivity (Wildman–Crippen MR) is 286 cm³/mol. The summed E-state index contributed by atoms with van der Waals surface area (Å²) in [5, 5.41) is 54.5. The van der Waals surface area contributed by atoms with Gasteiger partial charge in [-0.15, -0.1) is 0 Å². The molecule has 0 aromatic rings. The van der Waals surface area contributed by atoms with E-state index in [1.54, 1.807) is 6.08 Å². The topological polar surface area (TPSA) is 149 Å². The number of hydrogen-bond donors (Lipinski definition) is 6. The summed E-state index contributed by atoms with van der Waals surface area (Å²) in [6, 6.07) is -0.800. The van der Waals surface area contributed by atoms with Crippen LogP contribution in [0.4, 0.5) is 0 Å². The molecule has 0 spiro atoms. The van der Waals surface area contributed by atoms with E-state index in [9.17, 15) is 30.3 Å². The molecule has 1 aliphatic rings. The minimum atomic E-state index is -1.56. The maximum atomic E-state index is 13.0. The number of carbonyl (C=O) groups is 1. The molecule has 1 amide bonds. The normalized spacial score (nSPS) is 19.5. The lowest BCUT2D eigenvalue weighted by molar-refractivity contribution is -0.302. The van der Waals surface area contributed by atoms with Gasteiger partial charge in [-0.2, -0.15) is 0 Å². The number of amides is 1. The standard InChI is InChI=1S/C59H115NO8/c1-3-5-7-9-11-13-15-17-19-20-21-22-23-24-25-26-27-28-29-30-31-32-33-34-35-36-38-40-42-44-46-48-53(62)52(51-67-59-58(66)57(65)56(64)54(50-61)68-59)60-55(63)49-47-45-43-41-39-37-18-16-14-12-10-8-6-4-2/h46,48,52-54,56-59,61-62,64-66H,3-45,47,49-51H2,1-2H3,(H,60,63)/b48-46+. The van der Waals surface area contributed by atoms with Crippen LogP contribution < -0.4 is 5.32 Å². The number of aliphatic hydroxyl groups excluding tert-OH is 5. The first-order valence-electron chi connectivity index (χ1n) is 29.9. The average Bonchev–Trinajstić information content (AvgIpc) is 3.34. The van der Waals surface area contributed by atoms with E-state index in [1.807, 2.05) is 6.08 Å². The third kappa shape index (κ3) is 38.6. The van der Waals surface area contributed by atoms with Gasteiger partial charge in [0.25, 0.3) is 0 Å². The average molecular weight is 967 g/mol. The van der Waals surface area contributed by atoms with Crippen LogP contribution in [0.1, 0.15) is 303 Å². The summed E-state index contributed by atoms with van der Waals surface area (Å²) < 4.78 is 11.3. The van der Waals surface area contributed by atoms with Crippen molar-refractivity contribution < 1.29 is 39.8 Å². The first kappa shape index (κ1) is 64.9. The van der Waals surface area contributed by atoms with Gasteiger partial charge in [-0.1, -0.05) is 289 Å². The van der Waals surface area contributed by atoms with Crippen LogP contribution >= 0.6 is 0 Å². The molecule has 0 aromatic heterocycles. The molecular weight excluding hydrogens is 851 g/mol. The molecule has 9 nitrogen and oxygen atoms in total. The van der Waals surface area contributed by atoms with Gasteiger partial charge in [-0.05, 0) is 19.3 Å². The number of rotatable bonds is 52. The zero-order chi connectivity index (χ0) is 49.4. The second-order valence-electron chi connectivity index (χ2n) is 21.2. The van der Waals surface area contributed by atoms with Crippen molar-refractivity contribution in [3.05, 3.63) is 12.2 Å². The van der Waals surface area contributed by atoms with Gasteiger partial charge in [-0.3, -0.25) is 4.79 Å². The molecule has 0 aromatic carbocycles. The second kappa shape index (κ2) is 49.5. The summed E-state index contributed by atoms with van der Waals surface area (Å²) in [6.07, 6.45) is 54.4. The summed E-state index contributed by atoms with van der Waals surface area (Å²) in [7, 11) is 0. The lowest BCUT2D eigenvalue weighted by Crippen LogP contribution is -2.60. The van der Waals surface area contributed by atoms with Gasteiger partial charge in [0.05, 0.1) is 25.4 Å². The maximum absolute atomic E-state index is 13.0. The number of carbonyl (C=O) groups excluding carboxylic acids is 1. The summed E-state index contributed by atoms with van der Waals surface area (Å²) in [4.78, 5) is 13.0. The van der Waals surface area contributed by atoms with E-state index in [4.69, 9.17) is 9.47 Å². The monoisotopic (exact) mass is 966 g/mol. The van der Waals surface area contributed by atoms with E-state index in [0.29, 0.717) is 6.42 Å². The van der Waals surface area contributed by atoms with Crippen LogP contribution in [-0.4, -0.2) is 87.5 Å². The second-order valence-corrected chi connectivity index (χ2v) is 21.2. The third-order valence-electron chi connectivity index (χ3n) is 14.6. The van der Waals surface area contributed by atoms with Crippen molar-refractivity contribution in [2.24, 2.45) is 0 Å². The van der Waals surface area contributed by atoms with Crippen molar-refractivity contribution in [2.45, 2.75) is 346 Å². The van der Waals surface area contributed by atoms with Crippen molar-refractivity contribution in [1.82, 2.24) is 5.32 Å². The molecule has 1 aliphatic heterocycles. The van der Waals surface area contributed by atoms with Gasteiger partial charge in [0.15, 0.2) is 6.29 Å². The van der Waals surface area contributed by atoms with Gasteiger partial charge in [0, 0.05) is 6.42 Å². The van der Waals surface area contributed by atoms with Crippen LogP contribution in [0.25, 0.3) is 0 Å². The summed E-state index contributed by atoms with van der Waals surface area (Å²) in [6.45, 7) is 3.81. The van der Waals surface area contributed by atoms with Crippen molar-refractivity contribution >= 4 is 5.91 Å². The third-order valence-corrected chi connectivity index (χ3v) is 14.6. The lowest BCUT2D eigenvalue weighted by Gasteiger charge is -2.40. The van der Waals surface area contributed by atoms with Crippen molar-refractivity contribution in [3.8, 4) is 0 Å². The van der Waals surface area contributed by atoms with E-state index in [2.05, 4.69) is 19.2 Å². The number of hydrogen-bond acceptors (Lipinski definition) is 8. The first-order chi connectivity index (χ1) is 33.3. The van der Waals surface area contributed by atoms with Crippen molar-refractivity contribution in [1.29, 1.82) is 0 Å². The molecule has 0 aliphatic carbocycles. The van der Waals surface area contributed by atoms with Crippen LogP contribution in [0.5, 0.6) is 0 Å². The van der Waals surface area contributed by atoms with E-state index < -0.39 is 49.5 Å². The zero-order valence-electron chi connectivity index (χ0n) is 44.9. The van der Waals surface area contributed by atoms with E-state index in [-0.39, 0.29) is 12.5 Å².